The predicted molar refractivity (Wildman–Crippen MR) is 61.8 cm³/mol. The first-order valence-corrected chi connectivity index (χ1v) is 5.22. The molecule has 0 fully saturated rings. The average Bonchev–Trinajstić information content (AvgIpc) is 2.48. The Labute approximate surface area is 98.6 Å². The summed E-state index contributed by atoms with van der Waals surface area (Å²) in [4.78, 5) is 21.6. The molecule has 0 aliphatic rings. The van der Waals surface area contributed by atoms with E-state index in [4.69, 9.17) is 10.8 Å². The molecule has 0 bridgehead atoms. The van der Waals surface area contributed by atoms with E-state index in [-0.39, 0.29) is 6.42 Å². The first-order valence-electron chi connectivity index (χ1n) is 5.22. The zero-order valence-electron chi connectivity index (χ0n) is 9.86. The number of hydrogen-bond acceptors (Lipinski definition) is 4. The molecule has 17 heavy (non-hydrogen) atoms. The molecule has 0 atom stereocenters. The summed E-state index contributed by atoms with van der Waals surface area (Å²) in [5, 5.41) is 15.6. The Morgan fingerprint density at radius 1 is 1.53 bits per heavy atom. The monoisotopic (exact) mass is 240 g/mol. The van der Waals surface area contributed by atoms with Crippen LogP contribution in [-0.4, -0.2) is 33.3 Å². The molecular weight excluding hydrogens is 224 g/mol. The van der Waals surface area contributed by atoms with Crippen molar-refractivity contribution in [2.75, 3.05) is 11.9 Å². The number of nitrogens with one attached hydrogen (secondary N) is 1. The minimum absolute atomic E-state index is 0.0791. The summed E-state index contributed by atoms with van der Waals surface area (Å²) in [6, 6.07) is 0. The quantitative estimate of drug-likeness (QED) is 0.611. The molecule has 1 rings (SSSR count). The fraction of sp³-hybridized carbons (Fsp3) is 0.500. The van der Waals surface area contributed by atoms with Gasteiger partial charge >= 0.3 is 5.97 Å². The Morgan fingerprint density at radius 3 is 2.71 bits per heavy atom. The van der Waals surface area contributed by atoms with Crippen LogP contribution in [0.2, 0.25) is 0 Å². The number of carbonyl (C=O) groups excluding carboxylic acids is 1. The van der Waals surface area contributed by atoms with Crippen molar-refractivity contribution in [2.24, 2.45) is 12.8 Å². The summed E-state index contributed by atoms with van der Waals surface area (Å²) in [6.07, 6.45) is 0.549. The van der Waals surface area contributed by atoms with Gasteiger partial charge in [-0.05, 0) is 13.3 Å². The van der Waals surface area contributed by atoms with Gasteiger partial charge in [0.1, 0.15) is 11.4 Å². The standard InChI is InChI=1S/C10H16N4O3/c1-6-8(9(11)17)10(14(2)13-6)12-5-3-4-7(15)16/h12H,3-5H2,1-2H3,(H2,11,17)(H,15,16). The molecule has 0 aromatic carbocycles. The molecule has 0 aliphatic carbocycles. The van der Waals surface area contributed by atoms with Gasteiger partial charge in [0, 0.05) is 20.0 Å². The minimum atomic E-state index is -0.844. The van der Waals surface area contributed by atoms with E-state index in [9.17, 15) is 9.59 Å². The number of anilines is 1. The first kappa shape index (κ1) is 13.0. The molecule has 4 N–H and O–H groups in total. The molecule has 0 saturated carbocycles. The molecule has 1 aromatic heterocycles. The summed E-state index contributed by atoms with van der Waals surface area (Å²) in [7, 11) is 1.69. The highest BCUT2D eigenvalue weighted by Crippen LogP contribution is 2.17. The minimum Gasteiger partial charge on any atom is -0.481 e. The second kappa shape index (κ2) is 5.33. The highest BCUT2D eigenvalue weighted by molar-refractivity contribution is 5.98. The number of hydrogen-bond donors (Lipinski definition) is 3. The summed E-state index contributed by atoms with van der Waals surface area (Å²) < 4.78 is 1.52. The Hall–Kier alpha value is -2.05. The summed E-state index contributed by atoms with van der Waals surface area (Å²) in [5.74, 6) is -0.861. The van der Waals surface area contributed by atoms with Gasteiger partial charge in [-0.1, -0.05) is 0 Å². The van der Waals surface area contributed by atoms with E-state index in [0.29, 0.717) is 30.0 Å². The molecule has 1 aromatic rings. The molecule has 0 radical (unpaired) electrons. The Kier molecular flexibility index (Phi) is 4.08. The second-order valence-electron chi connectivity index (χ2n) is 3.72. The lowest BCUT2D eigenvalue weighted by Gasteiger charge is -2.07. The molecular formula is C10H16N4O3. The van der Waals surface area contributed by atoms with Crippen LogP contribution in [0.1, 0.15) is 28.9 Å². The number of nitrogens with two attached hydrogens (primary N) is 1. The van der Waals surface area contributed by atoms with Crippen LogP contribution in [0.3, 0.4) is 0 Å². The van der Waals surface area contributed by atoms with E-state index < -0.39 is 11.9 Å². The van der Waals surface area contributed by atoms with Crippen molar-refractivity contribution < 1.29 is 14.7 Å². The van der Waals surface area contributed by atoms with Gasteiger partial charge in [-0.25, -0.2) is 0 Å². The molecule has 0 unspecified atom stereocenters. The SMILES string of the molecule is Cc1nn(C)c(NCCCC(=O)O)c1C(N)=O. The highest BCUT2D eigenvalue weighted by atomic mass is 16.4. The van der Waals surface area contributed by atoms with Crippen LogP contribution in [0.4, 0.5) is 5.82 Å². The second-order valence-corrected chi connectivity index (χ2v) is 3.72. The molecule has 0 aliphatic heterocycles. The van der Waals surface area contributed by atoms with Gasteiger partial charge in [-0.15, -0.1) is 0 Å². The maximum absolute atomic E-state index is 11.2. The third kappa shape index (κ3) is 3.20. The van der Waals surface area contributed by atoms with Crippen molar-refractivity contribution in [3.05, 3.63) is 11.3 Å². The number of rotatable bonds is 6. The zero-order valence-corrected chi connectivity index (χ0v) is 9.86. The summed E-state index contributed by atoms with van der Waals surface area (Å²) in [6.45, 7) is 2.15. The highest BCUT2D eigenvalue weighted by Gasteiger charge is 2.17. The molecule has 1 heterocycles. The van der Waals surface area contributed by atoms with Crippen molar-refractivity contribution >= 4 is 17.7 Å². The van der Waals surface area contributed by atoms with E-state index in [1.165, 1.54) is 4.68 Å². The van der Waals surface area contributed by atoms with Crippen LogP contribution >= 0.6 is 0 Å². The van der Waals surface area contributed by atoms with E-state index in [0.717, 1.165) is 0 Å². The molecule has 94 valence electrons. The smallest absolute Gasteiger partial charge is 0.303 e. The Bertz CT molecular complexity index is 439. The molecule has 7 nitrogen and oxygen atoms in total. The summed E-state index contributed by atoms with van der Waals surface area (Å²) in [5.41, 5.74) is 6.16. The number of amides is 1. The normalized spacial score (nSPS) is 10.2. The van der Waals surface area contributed by atoms with Gasteiger partial charge in [-0.3, -0.25) is 14.3 Å². The molecule has 1 amide bonds. The molecule has 0 saturated heterocycles. The van der Waals surface area contributed by atoms with E-state index in [1.807, 2.05) is 0 Å². The number of nitrogens with zero attached hydrogens (tertiary/aromatic N) is 2. The van der Waals surface area contributed by atoms with Crippen LogP contribution in [0.15, 0.2) is 0 Å². The van der Waals surface area contributed by atoms with Crippen molar-refractivity contribution in [3.8, 4) is 0 Å². The van der Waals surface area contributed by atoms with Gasteiger partial charge in [0.25, 0.3) is 5.91 Å². The number of aliphatic carboxylic acids is 1. The maximum atomic E-state index is 11.2. The van der Waals surface area contributed by atoms with Crippen LogP contribution in [-0.2, 0) is 11.8 Å². The lowest BCUT2D eigenvalue weighted by Crippen LogP contribution is -2.16. The summed E-state index contributed by atoms with van der Waals surface area (Å²) >= 11 is 0. The van der Waals surface area contributed by atoms with Crippen LogP contribution in [0.25, 0.3) is 0 Å². The van der Waals surface area contributed by atoms with Crippen molar-refractivity contribution in [1.82, 2.24) is 9.78 Å². The zero-order chi connectivity index (χ0) is 13.0. The third-order valence-electron chi connectivity index (χ3n) is 2.33. The van der Waals surface area contributed by atoms with E-state index >= 15 is 0 Å². The number of carboxylic acids is 1. The first-order chi connectivity index (χ1) is 7.93. The van der Waals surface area contributed by atoms with Gasteiger partial charge in [-0.2, -0.15) is 5.10 Å². The van der Waals surface area contributed by atoms with Gasteiger partial charge in [0.15, 0.2) is 0 Å². The van der Waals surface area contributed by atoms with Crippen LogP contribution < -0.4 is 11.1 Å². The predicted octanol–water partition coefficient (Wildman–Crippen LogP) is 0.104. The van der Waals surface area contributed by atoms with E-state index in [2.05, 4.69) is 10.4 Å². The van der Waals surface area contributed by atoms with Crippen LogP contribution in [0, 0.1) is 6.92 Å². The molecule has 0 spiro atoms. The average molecular weight is 240 g/mol. The van der Waals surface area contributed by atoms with Crippen molar-refractivity contribution in [2.45, 2.75) is 19.8 Å². The topological polar surface area (TPSA) is 110 Å². The van der Waals surface area contributed by atoms with Gasteiger partial charge in [0.2, 0.25) is 0 Å². The number of carboxylic acid groups (broad SMARTS) is 1. The van der Waals surface area contributed by atoms with Crippen LogP contribution in [0.5, 0.6) is 0 Å². The third-order valence-corrected chi connectivity index (χ3v) is 2.33. The van der Waals surface area contributed by atoms with Crippen molar-refractivity contribution in [1.29, 1.82) is 0 Å². The number of carbonyl (C=O) groups is 2. The van der Waals surface area contributed by atoms with Gasteiger partial charge in [0.05, 0.1) is 5.69 Å². The van der Waals surface area contributed by atoms with E-state index in [1.54, 1.807) is 14.0 Å². The fourth-order valence-electron chi connectivity index (χ4n) is 1.60. The number of aromatic nitrogens is 2. The van der Waals surface area contributed by atoms with Gasteiger partial charge < -0.3 is 16.2 Å². The lowest BCUT2D eigenvalue weighted by molar-refractivity contribution is -0.137. The lowest BCUT2D eigenvalue weighted by atomic mass is 10.2. The Balaban J connectivity index is 2.70. The largest absolute Gasteiger partial charge is 0.481 e. The van der Waals surface area contributed by atoms with Crippen molar-refractivity contribution in [3.63, 3.8) is 0 Å². The molecule has 7 heteroatoms. The Morgan fingerprint density at radius 2 is 2.18 bits per heavy atom. The number of aryl methyl sites for hydroxylation is 2. The number of primary amides is 1. The fourth-order valence-corrected chi connectivity index (χ4v) is 1.60. The maximum Gasteiger partial charge on any atom is 0.303 e.